The van der Waals surface area contributed by atoms with E-state index in [4.69, 9.17) is 56.8 Å². The molecule has 0 heterocycles. The molecule has 0 aliphatic rings. The Kier molecular flexibility index (Phi) is 58.5. The number of ketones is 4. The van der Waals surface area contributed by atoms with Gasteiger partial charge in [-0.05, 0) is 105 Å². The Morgan fingerprint density at radius 3 is 0.400 bits per heavy atom. The third-order valence-corrected chi connectivity index (χ3v) is 11.2. The number of carboxylic acid groups (broad SMARTS) is 4. The first-order valence-electron chi connectivity index (χ1n) is 30.2. The second-order valence-corrected chi connectivity index (χ2v) is 19.7. The van der Waals surface area contributed by atoms with E-state index in [-0.39, 0.29) is 47.4 Å². The average molecular weight is 1260 g/mol. The van der Waals surface area contributed by atoms with Crippen LogP contribution in [0.15, 0.2) is 0 Å². The van der Waals surface area contributed by atoms with Gasteiger partial charge >= 0.3 is 21.7 Å². The second kappa shape index (κ2) is 54.9. The first-order chi connectivity index (χ1) is 39.7. The predicted octanol–water partition coefficient (Wildman–Crippen LogP) is 5.06. The van der Waals surface area contributed by atoms with Crippen molar-refractivity contribution in [3.63, 3.8) is 0 Å². The molecule has 0 aliphatic carbocycles. The van der Waals surface area contributed by atoms with E-state index < -0.39 is 94.6 Å². The van der Waals surface area contributed by atoms with E-state index >= 15 is 0 Å². The maximum atomic E-state index is 11.5. The van der Waals surface area contributed by atoms with E-state index in [0.717, 1.165) is 77.0 Å². The first kappa shape index (κ1) is 90.5. The maximum Gasteiger partial charge on any atom is 4.00 e. The number of carbonyl (C=O) groups excluding carboxylic acids is 8. The predicted molar refractivity (Wildman–Crippen MR) is 301 cm³/mol. The van der Waals surface area contributed by atoms with Crippen molar-refractivity contribution in [1.29, 1.82) is 0 Å². The number of aliphatic carboxylic acids is 4. The summed E-state index contributed by atoms with van der Waals surface area (Å²) >= 11 is 0. The van der Waals surface area contributed by atoms with Gasteiger partial charge in [-0.1, -0.05) is 83.1 Å². The molecule has 85 heavy (non-hydrogen) atoms. The zero-order valence-corrected chi connectivity index (χ0v) is 56.0. The van der Waals surface area contributed by atoms with Crippen molar-refractivity contribution in [1.82, 2.24) is 0 Å². The molecule has 0 fully saturated rings. The summed E-state index contributed by atoms with van der Waals surface area (Å²) in [4.78, 5) is 90.6. The molecular weight excluding hydrogens is 1150 g/mol. The molecule has 0 spiro atoms. The summed E-state index contributed by atoms with van der Waals surface area (Å²) in [5.41, 5.74) is 0. The van der Waals surface area contributed by atoms with Crippen LogP contribution in [0.3, 0.4) is 0 Å². The smallest absolute Gasteiger partial charge is 0.549 e. The van der Waals surface area contributed by atoms with Gasteiger partial charge in [0.25, 0.3) is 23.9 Å². The molecule has 0 aromatic rings. The van der Waals surface area contributed by atoms with Crippen molar-refractivity contribution in [3.05, 3.63) is 0 Å². The van der Waals surface area contributed by atoms with Gasteiger partial charge in [0.05, 0.1) is 127 Å². The minimum Gasteiger partial charge on any atom is -0.549 e. The Morgan fingerprint density at radius 2 is 0.341 bits per heavy atom. The third-order valence-electron chi connectivity index (χ3n) is 11.2. The van der Waals surface area contributed by atoms with Gasteiger partial charge in [-0.3, -0.25) is 19.2 Å². The second-order valence-electron chi connectivity index (χ2n) is 19.7. The Morgan fingerprint density at radius 1 is 0.247 bits per heavy atom. The van der Waals surface area contributed by atoms with Crippen molar-refractivity contribution in [3.8, 4) is 0 Å². The van der Waals surface area contributed by atoms with Crippen molar-refractivity contribution in [2.75, 3.05) is 79.3 Å². The van der Waals surface area contributed by atoms with Crippen molar-refractivity contribution < 1.29 is 137 Å². The number of ether oxygens (including phenoxy) is 12. The topological polar surface area (TPSA) is 340 Å². The van der Waals surface area contributed by atoms with Crippen LogP contribution in [0, 0.1) is 23.7 Å². The number of Topliss-reactive ketones (excluding diaryl/α,β-unsaturated/α-hetero) is 4. The van der Waals surface area contributed by atoms with E-state index in [0.29, 0.717) is 79.3 Å². The van der Waals surface area contributed by atoms with Crippen molar-refractivity contribution in [2.24, 2.45) is 23.7 Å². The number of carbonyl (C=O) groups is 8. The van der Waals surface area contributed by atoms with Crippen molar-refractivity contribution >= 4 is 47.0 Å². The fraction of sp³-hybridized carbons (Fsp3) is 0.867. The van der Waals surface area contributed by atoms with Crippen LogP contribution in [-0.4, -0.2) is 150 Å². The molecule has 0 radical (unpaired) electrons. The quantitative estimate of drug-likeness (QED) is 0.0436. The van der Waals surface area contributed by atoms with Crippen LogP contribution in [0.1, 0.15) is 214 Å². The van der Waals surface area contributed by atoms with Gasteiger partial charge in [0.15, 0.2) is 0 Å². The van der Waals surface area contributed by atoms with E-state index in [9.17, 15) is 58.8 Å². The van der Waals surface area contributed by atoms with Gasteiger partial charge in [-0.15, -0.1) is 0 Å². The average Bonchev–Trinajstić information content (AvgIpc) is 3.48. The van der Waals surface area contributed by atoms with Gasteiger partial charge in [0.2, 0.25) is 0 Å². The number of carboxylic acids is 4. The van der Waals surface area contributed by atoms with Gasteiger partial charge < -0.3 is 96.4 Å². The fourth-order valence-electron chi connectivity index (χ4n) is 6.87. The fourth-order valence-corrected chi connectivity index (χ4v) is 6.87. The normalized spacial score (nSPS) is 13.0. The van der Waals surface area contributed by atoms with Gasteiger partial charge in [-0.25, -0.2) is 0 Å². The van der Waals surface area contributed by atoms with Gasteiger partial charge in [0.1, 0.15) is 23.1 Å². The number of hydrogen-bond acceptors (Lipinski definition) is 24. The van der Waals surface area contributed by atoms with E-state index in [2.05, 4.69) is 0 Å². The largest absolute Gasteiger partial charge is 4.00 e. The Balaban J connectivity index is -0.000000333. The molecule has 0 saturated carbocycles. The van der Waals surface area contributed by atoms with Crippen LogP contribution in [0.2, 0.25) is 0 Å². The summed E-state index contributed by atoms with van der Waals surface area (Å²) in [6.45, 7) is 32.1. The van der Waals surface area contributed by atoms with E-state index in [1.807, 2.05) is 83.1 Å². The molecule has 496 valence electrons. The van der Waals surface area contributed by atoms with Crippen LogP contribution < -0.4 is 20.4 Å². The Bertz CT molecular complexity index is 1370. The molecule has 0 amide bonds. The molecule has 25 heteroatoms. The standard InChI is InChI=1S/4C15H28O6.Ti/c4*1-5-8-19-15(20-9-6-2,21-10-7-3)11-13(12(4)16)14(17)18;/h4*13H,5-11H2,1-4H3,(H,17,18);/q;;;;+4/p-4. The maximum absolute atomic E-state index is 11.5. The van der Waals surface area contributed by atoms with Gasteiger partial charge in [-0.2, -0.15) is 0 Å². The van der Waals surface area contributed by atoms with Crippen molar-refractivity contribution in [2.45, 2.75) is 237 Å². The molecule has 4 atom stereocenters. The van der Waals surface area contributed by atoms with Crippen LogP contribution in [0.25, 0.3) is 0 Å². The molecule has 0 aromatic carbocycles. The summed E-state index contributed by atoms with van der Waals surface area (Å²) in [5.74, 6) is -19.0. The molecule has 24 nitrogen and oxygen atoms in total. The zero-order chi connectivity index (χ0) is 65.2. The monoisotopic (exact) mass is 1260 g/mol. The van der Waals surface area contributed by atoms with Crippen LogP contribution in [0.5, 0.6) is 0 Å². The molecule has 0 aromatic heterocycles. The molecular formula is C60H108O24Ti. The minimum atomic E-state index is -1.50. The summed E-state index contributed by atoms with van der Waals surface area (Å²) in [6, 6.07) is 0. The summed E-state index contributed by atoms with van der Waals surface area (Å²) in [5, 5.41) is 44.6. The van der Waals surface area contributed by atoms with Crippen LogP contribution in [0.4, 0.5) is 0 Å². The summed E-state index contributed by atoms with van der Waals surface area (Å²) in [7, 11) is 0. The Hall–Kier alpha value is -3.21. The molecule has 0 saturated heterocycles. The SMILES string of the molecule is CCCOC(CC(C(C)=O)C(=O)[O-])(OCCC)OCCC.CCCOC(CC(C(C)=O)C(=O)[O-])(OCCC)OCCC.CCCOC(CC(C(C)=O)C(=O)[O-])(OCCC)OCCC.CCCOC(CC(C(C)=O)C(=O)[O-])(OCCC)OCCC.[Ti+4]. The Labute approximate surface area is 522 Å². The molecule has 0 N–H and O–H groups in total. The number of rotatable bonds is 52. The number of hydrogen-bond donors (Lipinski definition) is 0. The van der Waals surface area contributed by atoms with E-state index in [1.165, 1.54) is 27.7 Å². The summed E-state index contributed by atoms with van der Waals surface area (Å²) in [6.07, 6.45) is 7.88. The van der Waals surface area contributed by atoms with Crippen LogP contribution >= 0.6 is 0 Å². The van der Waals surface area contributed by atoms with Crippen LogP contribution in [-0.2, 0) is 117 Å². The molecule has 0 bridgehead atoms. The molecule has 0 aliphatic heterocycles. The molecule has 0 rings (SSSR count). The molecule has 4 unspecified atom stereocenters. The van der Waals surface area contributed by atoms with Gasteiger partial charge in [0, 0.05) is 25.7 Å². The third kappa shape index (κ3) is 42.4. The first-order valence-corrected chi connectivity index (χ1v) is 30.2. The van der Waals surface area contributed by atoms with E-state index in [1.54, 1.807) is 0 Å². The minimum absolute atomic E-state index is 0. The summed E-state index contributed by atoms with van der Waals surface area (Å²) < 4.78 is 67.5. The zero-order valence-electron chi connectivity index (χ0n) is 54.4.